The van der Waals surface area contributed by atoms with E-state index >= 15 is 0 Å². The van der Waals surface area contributed by atoms with Gasteiger partial charge in [0.25, 0.3) is 5.91 Å². The number of allylic oxidation sites excluding steroid dienone is 1. The number of thiocarbonyl (C=S) groups is 1. The highest BCUT2D eigenvalue weighted by molar-refractivity contribution is 7.80. The van der Waals surface area contributed by atoms with Crippen LogP contribution in [-0.4, -0.2) is 17.6 Å². The summed E-state index contributed by atoms with van der Waals surface area (Å²) in [4.78, 5) is 12.9. The summed E-state index contributed by atoms with van der Waals surface area (Å²) >= 11 is 5.19. The summed E-state index contributed by atoms with van der Waals surface area (Å²) < 4.78 is 19.7. The van der Waals surface area contributed by atoms with Crippen molar-refractivity contribution >= 4 is 28.9 Å². The molecule has 27 heavy (non-hydrogen) atoms. The van der Waals surface area contributed by atoms with Crippen LogP contribution in [-0.2, 0) is 4.79 Å². The van der Waals surface area contributed by atoms with E-state index in [1.807, 2.05) is 6.92 Å². The van der Waals surface area contributed by atoms with E-state index in [2.05, 4.69) is 16.0 Å². The number of amides is 1. The second kappa shape index (κ2) is 8.18. The molecule has 0 radical (unpaired) electrons. The Balaban J connectivity index is 1.88. The van der Waals surface area contributed by atoms with Gasteiger partial charge in [0.15, 0.2) is 5.11 Å². The Hall–Kier alpha value is -2.93. The minimum Gasteiger partial charge on any atom is -0.494 e. The van der Waals surface area contributed by atoms with Crippen LogP contribution in [0.2, 0.25) is 0 Å². The van der Waals surface area contributed by atoms with Crippen molar-refractivity contribution in [2.75, 3.05) is 11.9 Å². The van der Waals surface area contributed by atoms with Crippen LogP contribution in [0, 0.1) is 5.82 Å². The molecule has 0 saturated carbocycles. The number of anilines is 1. The fraction of sp³-hybridized carbons (Fsp3) is 0.200. The minimum atomic E-state index is -0.678. The lowest BCUT2D eigenvalue weighted by atomic mass is 9.94. The van der Waals surface area contributed by atoms with Gasteiger partial charge < -0.3 is 20.7 Å². The molecule has 2 aromatic carbocycles. The van der Waals surface area contributed by atoms with Gasteiger partial charge in [-0.2, -0.15) is 0 Å². The molecule has 0 spiro atoms. The lowest BCUT2D eigenvalue weighted by Gasteiger charge is -2.30. The summed E-state index contributed by atoms with van der Waals surface area (Å²) in [5.41, 5.74) is 1.93. The summed E-state index contributed by atoms with van der Waals surface area (Å²) in [6.45, 7) is 4.22. The SMILES string of the molecule is CCOc1ccc(NC(=O)C2=C(C)NC(=S)N[C@@H]2c2ccccc2F)cc1. The summed E-state index contributed by atoms with van der Waals surface area (Å²) in [7, 11) is 0. The molecule has 0 saturated heterocycles. The Morgan fingerprint density at radius 2 is 1.93 bits per heavy atom. The van der Waals surface area contributed by atoms with Crippen molar-refractivity contribution in [3.63, 3.8) is 0 Å². The molecule has 2 aromatic rings. The van der Waals surface area contributed by atoms with Crippen molar-refractivity contribution in [2.45, 2.75) is 19.9 Å². The minimum absolute atomic E-state index is 0.340. The first-order valence-electron chi connectivity index (χ1n) is 8.56. The average Bonchev–Trinajstić information content (AvgIpc) is 2.63. The number of carbonyl (C=O) groups excluding carboxylic acids is 1. The van der Waals surface area contributed by atoms with Gasteiger partial charge in [-0.1, -0.05) is 18.2 Å². The molecule has 0 fully saturated rings. The van der Waals surface area contributed by atoms with Gasteiger partial charge in [0, 0.05) is 16.9 Å². The number of benzene rings is 2. The normalized spacial score (nSPS) is 16.4. The Labute approximate surface area is 162 Å². The molecule has 1 amide bonds. The van der Waals surface area contributed by atoms with Crippen LogP contribution in [0.1, 0.15) is 25.5 Å². The third kappa shape index (κ3) is 4.25. The second-order valence-corrected chi connectivity index (χ2v) is 6.41. The molecule has 3 rings (SSSR count). The van der Waals surface area contributed by atoms with E-state index < -0.39 is 11.9 Å². The number of hydrogen-bond donors (Lipinski definition) is 3. The molecule has 7 heteroatoms. The summed E-state index contributed by atoms with van der Waals surface area (Å²) in [5, 5.41) is 9.12. The van der Waals surface area contributed by atoms with Crippen LogP contribution >= 0.6 is 12.2 Å². The van der Waals surface area contributed by atoms with E-state index in [-0.39, 0.29) is 5.91 Å². The van der Waals surface area contributed by atoms with Crippen molar-refractivity contribution in [1.82, 2.24) is 10.6 Å². The van der Waals surface area contributed by atoms with Gasteiger partial charge in [0.2, 0.25) is 0 Å². The van der Waals surface area contributed by atoms with Crippen molar-refractivity contribution in [3.05, 3.63) is 71.2 Å². The number of ether oxygens (including phenoxy) is 1. The highest BCUT2D eigenvalue weighted by Crippen LogP contribution is 2.29. The first-order valence-corrected chi connectivity index (χ1v) is 8.97. The van der Waals surface area contributed by atoms with Crippen molar-refractivity contribution in [2.24, 2.45) is 0 Å². The third-order valence-electron chi connectivity index (χ3n) is 4.15. The van der Waals surface area contributed by atoms with Crippen LogP contribution in [0.3, 0.4) is 0 Å². The molecular weight excluding hydrogens is 365 g/mol. The molecule has 5 nitrogen and oxygen atoms in total. The van der Waals surface area contributed by atoms with Gasteiger partial charge in [-0.15, -0.1) is 0 Å². The number of rotatable bonds is 5. The monoisotopic (exact) mass is 385 g/mol. The van der Waals surface area contributed by atoms with E-state index in [1.165, 1.54) is 6.07 Å². The van der Waals surface area contributed by atoms with Crippen LogP contribution < -0.4 is 20.7 Å². The molecule has 0 aliphatic carbocycles. The predicted molar refractivity (Wildman–Crippen MR) is 107 cm³/mol. The maximum absolute atomic E-state index is 14.3. The molecular formula is C20H20FN3O2S. The standard InChI is InChI=1S/C20H20FN3O2S/c1-3-26-14-10-8-13(9-11-14)23-19(25)17-12(2)22-20(27)24-18(17)15-6-4-5-7-16(15)21/h4-11,18H,3H2,1-2H3,(H,23,25)(H2,22,24,27)/t18-/m1/s1. The topological polar surface area (TPSA) is 62.4 Å². The van der Waals surface area contributed by atoms with Crippen LogP contribution in [0.4, 0.5) is 10.1 Å². The second-order valence-electron chi connectivity index (χ2n) is 6.00. The van der Waals surface area contributed by atoms with Gasteiger partial charge in [0.05, 0.1) is 18.2 Å². The van der Waals surface area contributed by atoms with E-state index in [9.17, 15) is 9.18 Å². The van der Waals surface area contributed by atoms with E-state index in [4.69, 9.17) is 17.0 Å². The Kier molecular flexibility index (Phi) is 5.71. The average molecular weight is 385 g/mol. The molecule has 140 valence electrons. The summed E-state index contributed by atoms with van der Waals surface area (Å²) in [5.74, 6) is -0.0206. The molecule has 1 aliphatic heterocycles. The Morgan fingerprint density at radius 3 is 2.59 bits per heavy atom. The molecule has 1 atom stereocenters. The van der Waals surface area contributed by atoms with Crippen LogP contribution in [0.5, 0.6) is 5.75 Å². The highest BCUT2D eigenvalue weighted by Gasteiger charge is 2.31. The lowest BCUT2D eigenvalue weighted by molar-refractivity contribution is -0.113. The predicted octanol–water partition coefficient (Wildman–Crippen LogP) is 3.66. The van der Waals surface area contributed by atoms with Crippen molar-refractivity contribution in [1.29, 1.82) is 0 Å². The van der Waals surface area contributed by atoms with E-state index in [0.717, 1.165) is 5.75 Å². The molecule has 1 heterocycles. The summed E-state index contributed by atoms with van der Waals surface area (Å²) in [6, 6.07) is 12.7. The first-order chi connectivity index (χ1) is 13.0. The molecule has 0 aromatic heterocycles. The van der Waals surface area contributed by atoms with Crippen LogP contribution in [0.15, 0.2) is 59.8 Å². The quantitative estimate of drug-likeness (QED) is 0.686. The number of halogens is 1. The zero-order valence-electron chi connectivity index (χ0n) is 15.0. The van der Waals surface area contributed by atoms with E-state index in [1.54, 1.807) is 49.4 Å². The fourth-order valence-corrected chi connectivity index (χ4v) is 3.21. The Morgan fingerprint density at radius 1 is 1.22 bits per heavy atom. The van der Waals surface area contributed by atoms with Gasteiger partial charge in [-0.05, 0) is 56.4 Å². The van der Waals surface area contributed by atoms with Crippen LogP contribution in [0.25, 0.3) is 0 Å². The smallest absolute Gasteiger partial charge is 0.255 e. The zero-order valence-corrected chi connectivity index (χ0v) is 15.8. The number of carbonyl (C=O) groups is 1. The third-order valence-corrected chi connectivity index (χ3v) is 4.37. The van der Waals surface area contributed by atoms with Gasteiger partial charge in [-0.25, -0.2) is 4.39 Å². The number of hydrogen-bond acceptors (Lipinski definition) is 3. The van der Waals surface area contributed by atoms with Crippen molar-refractivity contribution < 1.29 is 13.9 Å². The van der Waals surface area contributed by atoms with Gasteiger partial charge in [0.1, 0.15) is 11.6 Å². The lowest BCUT2D eigenvalue weighted by Crippen LogP contribution is -2.46. The molecule has 1 aliphatic rings. The summed E-state index contributed by atoms with van der Waals surface area (Å²) in [6.07, 6.45) is 0. The molecule has 0 unspecified atom stereocenters. The zero-order chi connectivity index (χ0) is 19.4. The van der Waals surface area contributed by atoms with Gasteiger partial charge >= 0.3 is 0 Å². The first kappa shape index (κ1) is 18.8. The molecule has 3 N–H and O–H groups in total. The molecule has 0 bridgehead atoms. The maximum Gasteiger partial charge on any atom is 0.255 e. The van der Waals surface area contributed by atoms with E-state index in [0.29, 0.717) is 34.2 Å². The largest absolute Gasteiger partial charge is 0.494 e. The fourth-order valence-electron chi connectivity index (χ4n) is 2.94. The highest BCUT2D eigenvalue weighted by atomic mass is 32.1. The Bertz CT molecular complexity index is 896. The van der Waals surface area contributed by atoms with Gasteiger partial charge in [-0.3, -0.25) is 4.79 Å². The maximum atomic E-state index is 14.3. The number of nitrogens with one attached hydrogen (secondary N) is 3. The van der Waals surface area contributed by atoms with Crippen molar-refractivity contribution in [3.8, 4) is 5.75 Å².